The van der Waals surface area contributed by atoms with Gasteiger partial charge in [0.05, 0.1) is 23.4 Å². The SMILES string of the molecule is CCOC=Nc1cc(O)c(NC(=O)CC)cc1N=Nc1snc2ncccc12. The topological polar surface area (TPSA) is 121 Å². The maximum absolute atomic E-state index is 11.7. The van der Waals surface area contributed by atoms with E-state index in [1.807, 2.05) is 13.0 Å². The summed E-state index contributed by atoms with van der Waals surface area (Å²) < 4.78 is 9.35. The lowest BCUT2D eigenvalue weighted by Gasteiger charge is -2.09. The number of hydrogen-bond acceptors (Lipinski definition) is 9. The number of anilines is 1. The molecule has 1 aromatic carbocycles. The average Bonchev–Trinajstić information content (AvgIpc) is 3.12. The Labute approximate surface area is 165 Å². The Morgan fingerprint density at radius 1 is 1.32 bits per heavy atom. The van der Waals surface area contributed by atoms with Crippen LogP contribution in [0.25, 0.3) is 11.0 Å². The summed E-state index contributed by atoms with van der Waals surface area (Å²) in [4.78, 5) is 20.0. The first-order valence-electron chi connectivity index (χ1n) is 8.55. The zero-order valence-electron chi connectivity index (χ0n) is 15.3. The number of nitrogens with zero attached hydrogens (tertiary/aromatic N) is 5. The van der Waals surface area contributed by atoms with Crippen LogP contribution in [-0.2, 0) is 9.53 Å². The second-order valence-corrected chi connectivity index (χ2v) is 6.26. The van der Waals surface area contributed by atoms with Crippen LogP contribution in [0, 0.1) is 0 Å². The molecule has 9 nitrogen and oxygen atoms in total. The Morgan fingerprint density at radius 2 is 2.18 bits per heavy atom. The van der Waals surface area contributed by atoms with Crippen molar-refractivity contribution in [1.29, 1.82) is 0 Å². The minimum Gasteiger partial charge on any atom is -0.506 e. The van der Waals surface area contributed by atoms with Gasteiger partial charge in [-0.25, -0.2) is 9.98 Å². The number of hydrogen-bond donors (Lipinski definition) is 2. The molecule has 10 heteroatoms. The van der Waals surface area contributed by atoms with Crippen LogP contribution in [0.3, 0.4) is 0 Å². The monoisotopic (exact) mass is 398 g/mol. The summed E-state index contributed by atoms with van der Waals surface area (Å²) in [7, 11) is 0. The van der Waals surface area contributed by atoms with Crippen LogP contribution in [0.2, 0.25) is 0 Å². The fourth-order valence-corrected chi connectivity index (χ4v) is 2.85. The molecule has 3 aromatic rings. The van der Waals surface area contributed by atoms with E-state index in [2.05, 4.69) is 29.9 Å². The Bertz CT molecular complexity index is 1050. The van der Waals surface area contributed by atoms with Crippen molar-refractivity contribution in [2.24, 2.45) is 15.2 Å². The highest BCUT2D eigenvalue weighted by molar-refractivity contribution is 7.11. The van der Waals surface area contributed by atoms with Crippen LogP contribution in [0.1, 0.15) is 20.3 Å². The van der Waals surface area contributed by atoms with E-state index in [-0.39, 0.29) is 23.8 Å². The number of phenolic OH excluding ortho intramolecular Hbond substituents is 1. The van der Waals surface area contributed by atoms with Gasteiger partial charge in [-0.3, -0.25) is 4.79 Å². The van der Waals surface area contributed by atoms with Gasteiger partial charge < -0.3 is 15.2 Å². The third-order valence-corrected chi connectivity index (χ3v) is 4.34. The summed E-state index contributed by atoms with van der Waals surface area (Å²) in [5.41, 5.74) is 1.52. The van der Waals surface area contributed by atoms with Crippen molar-refractivity contribution in [3.63, 3.8) is 0 Å². The summed E-state index contributed by atoms with van der Waals surface area (Å²) in [6, 6.07) is 6.55. The number of carbonyl (C=O) groups is 1. The van der Waals surface area contributed by atoms with Gasteiger partial charge in [0.2, 0.25) is 5.91 Å². The van der Waals surface area contributed by atoms with Crippen molar-refractivity contribution in [3.8, 4) is 5.75 Å². The molecule has 0 bridgehead atoms. The molecule has 2 heterocycles. The number of azo groups is 1. The molecule has 0 fully saturated rings. The fraction of sp³-hybridized carbons (Fsp3) is 0.222. The van der Waals surface area contributed by atoms with E-state index in [0.717, 1.165) is 5.39 Å². The van der Waals surface area contributed by atoms with Crippen LogP contribution in [-0.4, -0.2) is 33.4 Å². The number of ether oxygens (including phenoxy) is 1. The highest BCUT2D eigenvalue weighted by Crippen LogP contribution is 2.39. The lowest BCUT2D eigenvalue weighted by Crippen LogP contribution is -2.09. The van der Waals surface area contributed by atoms with E-state index in [1.54, 1.807) is 19.2 Å². The lowest BCUT2D eigenvalue weighted by molar-refractivity contribution is -0.115. The van der Waals surface area contributed by atoms with Crippen LogP contribution in [0.4, 0.5) is 22.1 Å². The minimum absolute atomic E-state index is 0.128. The highest BCUT2D eigenvalue weighted by Gasteiger charge is 2.12. The number of phenols is 1. The number of amides is 1. The standard InChI is InChI=1S/C18H18N6O3S/c1-3-16(26)21-14-8-13(12(9-15(14)25)20-10-27-4-2)22-23-18-11-6-5-7-19-17(11)24-28-18/h5-10,25H,3-4H2,1-2H3,(H,21,26). The Kier molecular flexibility index (Phi) is 6.22. The van der Waals surface area contributed by atoms with E-state index in [1.165, 1.54) is 30.1 Å². The van der Waals surface area contributed by atoms with Crippen LogP contribution in [0.15, 0.2) is 45.7 Å². The Balaban J connectivity index is 2.00. The van der Waals surface area contributed by atoms with Gasteiger partial charge in [-0.05, 0) is 36.7 Å². The molecule has 28 heavy (non-hydrogen) atoms. The normalized spacial score (nSPS) is 11.5. The number of pyridine rings is 1. The van der Waals surface area contributed by atoms with Gasteiger partial charge in [-0.2, -0.15) is 4.37 Å². The van der Waals surface area contributed by atoms with Gasteiger partial charge >= 0.3 is 0 Å². The van der Waals surface area contributed by atoms with Crippen LogP contribution in [0.5, 0.6) is 5.75 Å². The lowest BCUT2D eigenvalue weighted by atomic mass is 10.2. The molecule has 144 valence electrons. The average molecular weight is 398 g/mol. The number of rotatable bonds is 7. The van der Waals surface area contributed by atoms with Crippen molar-refractivity contribution in [1.82, 2.24) is 9.36 Å². The van der Waals surface area contributed by atoms with Gasteiger partial charge in [-0.1, -0.05) is 6.92 Å². The number of benzene rings is 1. The summed E-state index contributed by atoms with van der Waals surface area (Å²) in [5.74, 6) is -0.361. The number of aromatic nitrogens is 2. The third-order valence-electron chi connectivity index (χ3n) is 3.61. The van der Waals surface area contributed by atoms with Crippen molar-refractivity contribution >= 4 is 56.9 Å². The van der Waals surface area contributed by atoms with E-state index < -0.39 is 0 Å². The largest absolute Gasteiger partial charge is 0.506 e. The van der Waals surface area contributed by atoms with Gasteiger partial charge in [0.1, 0.15) is 11.4 Å². The molecule has 0 unspecified atom stereocenters. The summed E-state index contributed by atoms with van der Waals surface area (Å²) in [6.07, 6.45) is 3.21. The zero-order chi connectivity index (χ0) is 19.9. The number of fused-ring (bicyclic) bond motifs is 1. The molecule has 0 saturated heterocycles. The Hall–Kier alpha value is -3.40. The first kappa shape index (κ1) is 19.4. The van der Waals surface area contributed by atoms with Crippen LogP contribution < -0.4 is 5.32 Å². The molecule has 1 amide bonds. The number of nitrogens with one attached hydrogen (secondary N) is 1. The fourth-order valence-electron chi connectivity index (χ4n) is 2.20. The maximum Gasteiger partial charge on any atom is 0.224 e. The highest BCUT2D eigenvalue weighted by atomic mass is 32.1. The number of carbonyl (C=O) groups excluding carboxylic acids is 1. The zero-order valence-corrected chi connectivity index (χ0v) is 16.1. The second-order valence-electron chi connectivity index (χ2n) is 5.51. The maximum atomic E-state index is 11.7. The molecule has 0 aliphatic carbocycles. The van der Waals surface area contributed by atoms with Crippen molar-refractivity contribution in [2.45, 2.75) is 20.3 Å². The quantitative estimate of drug-likeness (QED) is 0.255. The molecular formula is C18H18N6O3S. The first-order valence-corrected chi connectivity index (χ1v) is 9.32. The van der Waals surface area contributed by atoms with Gasteiger partial charge in [-0.15, -0.1) is 10.2 Å². The molecule has 0 radical (unpaired) electrons. The molecule has 0 spiro atoms. The minimum atomic E-state index is -0.233. The van der Waals surface area contributed by atoms with Gasteiger partial charge in [0, 0.05) is 18.7 Å². The first-order chi connectivity index (χ1) is 13.6. The summed E-state index contributed by atoms with van der Waals surface area (Å²) in [6.45, 7) is 4.00. The molecule has 2 N–H and O–H groups in total. The molecule has 0 saturated carbocycles. The third kappa shape index (κ3) is 4.46. The number of aliphatic imine (C=N–C) groups is 1. The van der Waals surface area contributed by atoms with Crippen molar-refractivity contribution < 1.29 is 14.6 Å². The van der Waals surface area contributed by atoms with Gasteiger partial charge in [0.15, 0.2) is 17.0 Å². The molecule has 3 rings (SSSR count). The molecule has 0 aliphatic heterocycles. The summed E-state index contributed by atoms with van der Waals surface area (Å²) in [5, 5.41) is 22.7. The van der Waals surface area contributed by atoms with Gasteiger partial charge in [0.25, 0.3) is 0 Å². The Morgan fingerprint density at radius 3 is 2.96 bits per heavy atom. The molecule has 2 aromatic heterocycles. The number of aromatic hydroxyl groups is 1. The van der Waals surface area contributed by atoms with E-state index in [0.29, 0.717) is 28.6 Å². The smallest absolute Gasteiger partial charge is 0.224 e. The summed E-state index contributed by atoms with van der Waals surface area (Å²) >= 11 is 1.18. The van der Waals surface area contributed by atoms with Crippen molar-refractivity contribution in [3.05, 3.63) is 30.5 Å². The van der Waals surface area contributed by atoms with E-state index in [4.69, 9.17) is 4.74 Å². The molecular weight excluding hydrogens is 380 g/mol. The predicted octanol–water partition coefficient (Wildman–Crippen LogP) is 4.86. The molecule has 0 atom stereocenters. The van der Waals surface area contributed by atoms with E-state index >= 15 is 0 Å². The van der Waals surface area contributed by atoms with E-state index in [9.17, 15) is 9.90 Å². The predicted molar refractivity (Wildman–Crippen MR) is 108 cm³/mol. The van der Waals surface area contributed by atoms with Crippen molar-refractivity contribution in [2.75, 3.05) is 11.9 Å². The van der Waals surface area contributed by atoms with Crippen LogP contribution >= 0.6 is 11.5 Å². The molecule has 0 aliphatic rings. The second kappa shape index (κ2) is 9.00.